The molecule has 0 bridgehead atoms. The first-order chi connectivity index (χ1) is 7.27. The van der Waals surface area contributed by atoms with E-state index < -0.39 is 0 Å². The van der Waals surface area contributed by atoms with Crippen molar-refractivity contribution < 1.29 is 4.39 Å². The minimum absolute atomic E-state index is 0.304. The summed E-state index contributed by atoms with van der Waals surface area (Å²) in [6.45, 7) is 4.41. The van der Waals surface area contributed by atoms with E-state index in [1.165, 1.54) is 12.3 Å². The summed E-state index contributed by atoms with van der Waals surface area (Å²) < 4.78 is 12.7. The number of halogens is 1. The molecule has 15 heavy (non-hydrogen) atoms. The predicted octanol–water partition coefficient (Wildman–Crippen LogP) is 1.79. The summed E-state index contributed by atoms with van der Waals surface area (Å²) in [5, 5.41) is 0. The molecule has 0 spiro atoms. The van der Waals surface area contributed by atoms with Gasteiger partial charge in [-0.3, -0.25) is 0 Å². The number of nitrogens with zero attached hydrogens (tertiary/aromatic N) is 2. The van der Waals surface area contributed by atoms with Gasteiger partial charge in [0.25, 0.3) is 0 Å². The number of aromatic nitrogens is 1. The normalized spacial score (nSPS) is 10.3. The Bertz CT molecular complexity index is 274. The van der Waals surface area contributed by atoms with Crippen LogP contribution in [0, 0.1) is 5.82 Å². The van der Waals surface area contributed by atoms with Crippen LogP contribution < -0.4 is 10.6 Å². The quantitative estimate of drug-likeness (QED) is 0.780. The second kappa shape index (κ2) is 6.35. The van der Waals surface area contributed by atoms with Crippen LogP contribution in [0.15, 0.2) is 18.3 Å². The van der Waals surface area contributed by atoms with E-state index in [0.29, 0.717) is 6.54 Å². The molecule has 1 heterocycles. The monoisotopic (exact) mass is 211 g/mol. The third-order valence-electron chi connectivity index (χ3n) is 2.22. The van der Waals surface area contributed by atoms with E-state index in [9.17, 15) is 4.39 Å². The van der Waals surface area contributed by atoms with E-state index in [2.05, 4.69) is 16.8 Å². The van der Waals surface area contributed by atoms with Gasteiger partial charge in [-0.05, 0) is 18.6 Å². The van der Waals surface area contributed by atoms with Gasteiger partial charge in [0.15, 0.2) is 0 Å². The molecule has 0 saturated carbocycles. The Hall–Kier alpha value is -1.16. The number of hydrogen-bond donors (Lipinski definition) is 1. The lowest BCUT2D eigenvalue weighted by Gasteiger charge is -2.22. The summed E-state index contributed by atoms with van der Waals surface area (Å²) in [5.74, 6) is 0.497. The minimum atomic E-state index is -0.304. The Morgan fingerprint density at radius 2 is 2.20 bits per heavy atom. The van der Waals surface area contributed by atoms with Gasteiger partial charge in [-0.2, -0.15) is 0 Å². The van der Waals surface area contributed by atoms with Gasteiger partial charge >= 0.3 is 0 Å². The van der Waals surface area contributed by atoms with Crippen molar-refractivity contribution in [2.24, 2.45) is 5.73 Å². The van der Waals surface area contributed by atoms with Crippen LogP contribution in [0.1, 0.15) is 19.8 Å². The fraction of sp³-hybridized carbons (Fsp3) is 0.545. The lowest BCUT2D eigenvalue weighted by atomic mass is 10.3. The van der Waals surface area contributed by atoms with Gasteiger partial charge in [-0.1, -0.05) is 13.3 Å². The molecule has 1 aromatic heterocycles. The van der Waals surface area contributed by atoms with Gasteiger partial charge in [0.2, 0.25) is 0 Å². The maximum atomic E-state index is 12.7. The molecule has 4 heteroatoms. The van der Waals surface area contributed by atoms with Crippen LogP contribution in [0.3, 0.4) is 0 Å². The highest BCUT2D eigenvalue weighted by Gasteiger charge is 2.05. The number of hydrogen-bond acceptors (Lipinski definition) is 3. The molecule has 3 nitrogen and oxygen atoms in total. The number of anilines is 1. The molecular weight excluding hydrogens is 193 g/mol. The highest BCUT2D eigenvalue weighted by molar-refractivity contribution is 5.37. The predicted molar refractivity (Wildman–Crippen MR) is 60.4 cm³/mol. The first-order valence-corrected chi connectivity index (χ1v) is 5.34. The zero-order valence-electron chi connectivity index (χ0n) is 9.12. The van der Waals surface area contributed by atoms with Gasteiger partial charge in [-0.15, -0.1) is 0 Å². The Morgan fingerprint density at radius 1 is 1.40 bits per heavy atom. The van der Waals surface area contributed by atoms with Crippen molar-refractivity contribution in [1.82, 2.24) is 4.98 Å². The second-order valence-electron chi connectivity index (χ2n) is 3.46. The van der Waals surface area contributed by atoms with Gasteiger partial charge in [0.05, 0.1) is 6.20 Å². The highest BCUT2D eigenvalue weighted by atomic mass is 19.1. The lowest BCUT2D eigenvalue weighted by molar-refractivity contribution is 0.619. The smallest absolute Gasteiger partial charge is 0.141 e. The van der Waals surface area contributed by atoms with Crippen LogP contribution >= 0.6 is 0 Å². The summed E-state index contributed by atoms with van der Waals surface area (Å²) >= 11 is 0. The fourth-order valence-electron chi connectivity index (χ4n) is 1.40. The molecule has 0 aromatic carbocycles. The summed E-state index contributed by atoms with van der Waals surface area (Å²) in [5.41, 5.74) is 5.52. The van der Waals surface area contributed by atoms with E-state index in [0.717, 1.165) is 31.7 Å². The van der Waals surface area contributed by atoms with E-state index in [-0.39, 0.29) is 5.82 Å². The maximum absolute atomic E-state index is 12.7. The largest absolute Gasteiger partial charge is 0.355 e. The van der Waals surface area contributed by atoms with Crippen molar-refractivity contribution in [3.63, 3.8) is 0 Å². The van der Waals surface area contributed by atoms with Crippen LogP contribution in [0.5, 0.6) is 0 Å². The number of nitrogens with two attached hydrogens (primary N) is 1. The maximum Gasteiger partial charge on any atom is 0.141 e. The van der Waals surface area contributed by atoms with E-state index in [1.54, 1.807) is 6.07 Å². The van der Waals surface area contributed by atoms with Crippen LogP contribution in [0.25, 0.3) is 0 Å². The first kappa shape index (κ1) is 11.9. The topological polar surface area (TPSA) is 42.1 Å². The van der Waals surface area contributed by atoms with E-state index in [4.69, 9.17) is 5.73 Å². The molecule has 1 aromatic rings. The summed E-state index contributed by atoms with van der Waals surface area (Å²) in [4.78, 5) is 6.13. The summed E-state index contributed by atoms with van der Waals surface area (Å²) in [7, 11) is 0. The molecule has 0 saturated heterocycles. The summed E-state index contributed by atoms with van der Waals surface area (Å²) in [6, 6.07) is 3.12. The van der Waals surface area contributed by atoms with Crippen molar-refractivity contribution in [2.45, 2.75) is 19.8 Å². The van der Waals surface area contributed by atoms with Gasteiger partial charge in [-0.25, -0.2) is 9.37 Å². The second-order valence-corrected chi connectivity index (χ2v) is 3.46. The van der Waals surface area contributed by atoms with E-state index in [1.807, 2.05) is 0 Å². The number of pyridine rings is 1. The third kappa shape index (κ3) is 3.83. The Kier molecular flexibility index (Phi) is 5.04. The van der Waals surface area contributed by atoms with Crippen molar-refractivity contribution in [3.8, 4) is 0 Å². The lowest BCUT2D eigenvalue weighted by Crippen LogP contribution is -2.31. The SMILES string of the molecule is CCCCN(CCN)c1ccc(F)cn1. The number of unbranched alkanes of at least 4 members (excludes halogenated alkanes) is 1. The van der Waals surface area contributed by atoms with Crippen LogP contribution in [0.4, 0.5) is 10.2 Å². The Balaban J connectivity index is 2.65. The molecule has 0 aliphatic heterocycles. The molecule has 0 radical (unpaired) electrons. The molecular formula is C11H18FN3. The van der Waals surface area contributed by atoms with E-state index >= 15 is 0 Å². The average Bonchev–Trinajstić information content (AvgIpc) is 2.25. The average molecular weight is 211 g/mol. The molecule has 0 aliphatic rings. The molecule has 84 valence electrons. The molecule has 2 N–H and O–H groups in total. The van der Waals surface area contributed by atoms with Crippen molar-refractivity contribution in [2.75, 3.05) is 24.5 Å². The Morgan fingerprint density at radius 3 is 2.73 bits per heavy atom. The molecule has 1 rings (SSSR count). The fourth-order valence-corrected chi connectivity index (χ4v) is 1.40. The first-order valence-electron chi connectivity index (χ1n) is 5.34. The molecule has 0 unspecified atom stereocenters. The minimum Gasteiger partial charge on any atom is -0.355 e. The zero-order valence-corrected chi connectivity index (χ0v) is 9.12. The molecule has 0 atom stereocenters. The van der Waals surface area contributed by atoms with Gasteiger partial charge in [0.1, 0.15) is 11.6 Å². The standard InChI is InChI=1S/C11H18FN3/c1-2-3-7-15(8-6-13)11-5-4-10(12)9-14-11/h4-5,9H,2-3,6-8,13H2,1H3. The molecule has 0 fully saturated rings. The highest BCUT2D eigenvalue weighted by Crippen LogP contribution is 2.11. The van der Waals surface area contributed by atoms with Gasteiger partial charge in [0, 0.05) is 19.6 Å². The van der Waals surface area contributed by atoms with Crippen LogP contribution in [-0.4, -0.2) is 24.6 Å². The zero-order chi connectivity index (χ0) is 11.1. The van der Waals surface area contributed by atoms with Crippen molar-refractivity contribution >= 4 is 5.82 Å². The van der Waals surface area contributed by atoms with Crippen LogP contribution in [-0.2, 0) is 0 Å². The number of rotatable bonds is 6. The molecule has 0 aliphatic carbocycles. The summed E-state index contributed by atoms with van der Waals surface area (Å²) in [6.07, 6.45) is 3.46. The van der Waals surface area contributed by atoms with Crippen molar-refractivity contribution in [1.29, 1.82) is 0 Å². The third-order valence-corrected chi connectivity index (χ3v) is 2.22. The Labute approximate surface area is 90.1 Å². The van der Waals surface area contributed by atoms with Crippen molar-refractivity contribution in [3.05, 3.63) is 24.1 Å². The van der Waals surface area contributed by atoms with Gasteiger partial charge < -0.3 is 10.6 Å². The molecule has 0 amide bonds. The van der Waals surface area contributed by atoms with Crippen LogP contribution in [0.2, 0.25) is 0 Å².